The van der Waals surface area contributed by atoms with E-state index in [0.717, 1.165) is 52.8 Å². The van der Waals surface area contributed by atoms with Crippen molar-refractivity contribution in [1.82, 2.24) is 4.98 Å². The summed E-state index contributed by atoms with van der Waals surface area (Å²) in [6.07, 6.45) is 4.24. The first-order valence-electron chi connectivity index (χ1n) is 12.9. The summed E-state index contributed by atoms with van der Waals surface area (Å²) in [5.74, 6) is 0.841. The number of nitrogens with zero attached hydrogens (tertiary/aromatic N) is 2. The SMILES string of the molecule is Cc1cc(O[C@H]2C[C@@](C)(C#N)C2)cc(C)c1-c1cccc(COc2cc3c(cn2)[C@H]2[C@@H](C3)[C@@H]2C(=O)O)c1. The summed E-state index contributed by atoms with van der Waals surface area (Å²) in [6.45, 7) is 6.60. The summed E-state index contributed by atoms with van der Waals surface area (Å²) >= 11 is 0. The lowest BCUT2D eigenvalue weighted by Crippen LogP contribution is -2.41. The van der Waals surface area contributed by atoms with Crippen molar-refractivity contribution in [2.24, 2.45) is 17.3 Å². The van der Waals surface area contributed by atoms with E-state index in [1.807, 2.05) is 19.1 Å². The Morgan fingerprint density at radius 3 is 2.65 bits per heavy atom. The van der Waals surface area contributed by atoms with Gasteiger partial charge in [0.1, 0.15) is 18.5 Å². The molecule has 3 aliphatic carbocycles. The predicted molar refractivity (Wildman–Crippen MR) is 138 cm³/mol. The molecular formula is C31H30N2O4. The summed E-state index contributed by atoms with van der Waals surface area (Å²) in [5, 5.41) is 18.6. The summed E-state index contributed by atoms with van der Waals surface area (Å²) < 4.78 is 12.2. The van der Waals surface area contributed by atoms with Gasteiger partial charge < -0.3 is 14.6 Å². The molecule has 1 heterocycles. The fourth-order valence-corrected chi connectivity index (χ4v) is 6.42. The molecule has 0 saturated heterocycles. The van der Waals surface area contributed by atoms with Crippen LogP contribution in [-0.2, 0) is 17.8 Å². The van der Waals surface area contributed by atoms with Crippen LogP contribution in [-0.4, -0.2) is 22.2 Å². The van der Waals surface area contributed by atoms with Gasteiger partial charge in [0.2, 0.25) is 5.88 Å². The molecule has 2 saturated carbocycles. The molecule has 6 nitrogen and oxygen atoms in total. The van der Waals surface area contributed by atoms with E-state index in [2.05, 4.69) is 55.2 Å². The van der Waals surface area contributed by atoms with Crippen LogP contribution < -0.4 is 9.47 Å². The molecule has 3 aliphatic rings. The molecule has 2 fully saturated rings. The van der Waals surface area contributed by atoms with Gasteiger partial charge in [-0.15, -0.1) is 0 Å². The van der Waals surface area contributed by atoms with Gasteiger partial charge in [0, 0.05) is 31.0 Å². The van der Waals surface area contributed by atoms with Crippen LogP contribution >= 0.6 is 0 Å². The van der Waals surface area contributed by atoms with Crippen molar-refractivity contribution in [2.75, 3.05) is 0 Å². The van der Waals surface area contributed by atoms with Crippen LogP contribution in [0.3, 0.4) is 0 Å². The zero-order chi connectivity index (χ0) is 25.9. The van der Waals surface area contributed by atoms with Crippen molar-refractivity contribution < 1.29 is 19.4 Å². The molecule has 188 valence electrons. The molecule has 0 amide bonds. The zero-order valence-corrected chi connectivity index (χ0v) is 21.3. The molecular weight excluding hydrogens is 464 g/mol. The van der Waals surface area contributed by atoms with E-state index in [1.54, 1.807) is 6.20 Å². The Kier molecular flexibility index (Phi) is 5.49. The van der Waals surface area contributed by atoms with Gasteiger partial charge in [-0.2, -0.15) is 5.26 Å². The number of hydrogen-bond donors (Lipinski definition) is 1. The Hall–Kier alpha value is -3.85. The van der Waals surface area contributed by atoms with Crippen LogP contribution in [0.5, 0.6) is 11.6 Å². The second kappa shape index (κ2) is 8.62. The Morgan fingerprint density at radius 1 is 1.19 bits per heavy atom. The average molecular weight is 495 g/mol. The van der Waals surface area contributed by atoms with Crippen LogP contribution in [0.25, 0.3) is 11.1 Å². The first-order valence-corrected chi connectivity index (χ1v) is 12.9. The highest BCUT2D eigenvalue weighted by molar-refractivity contribution is 5.77. The number of aryl methyl sites for hydroxylation is 2. The van der Waals surface area contributed by atoms with E-state index in [9.17, 15) is 15.2 Å². The number of pyridine rings is 1. The molecule has 37 heavy (non-hydrogen) atoms. The monoisotopic (exact) mass is 494 g/mol. The molecule has 0 unspecified atom stereocenters. The smallest absolute Gasteiger partial charge is 0.307 e. The molecule has 1 aromatic heterocycles. The molecule has 0 bridgehead atoms. The Labute approximate surface area is 216 Å². The minimum atomic E-state index is -0.699. The van der Waals surface area contributed by atoms with E-state index in [-0.39, 0.29) is 29.3 Å². The Balaban J connectivity index is 1.13. The lowest BCUT2D eigenvalue weighted by Gasteiger charge is -2.39. The quantitative estimate of drug-likeness (QED) is 0.434. The van der Waals surface area contributed by atoms with Crippen molar-refractivity contribution in [3.63, 3.8) is 0 Å². The molecule has 3 aromatic rings. The van der Waals surface area contributed by atoms with E-state index in [4.69, 9.17) is 9.47 Å². The fourth-order valence-electron chi connectivity index (χ4n) is 6.42. The predicted octanol–water partition coefficient (Wildman–Crippen LogP) is 5.99. The lowest BCUT2D eigenvalue weighted by molar-refractivity contribution is -0.139. The van der Waals surface area contributed by atoms with Crippen LogP contribution in [0.1, 0.15) is 53.5 Å². The summed E-state index contributed by atoms with van der Waals surface area (Å²) in [5.41, 5.74) is 7.65. The van der Waals surface area contributed by atoms with Gasteiger partial charge in [0.15, 0.2) is 0 Å². The van der Waals surface area contributed by atoms with Gasteiger partial charge in [0.25, 0.3) is 0 Å². The number of aliphatic carboxylic acids is 1. The highest BCUT2D eigenvalue weighted by atomic mass is 16.5. The first-order chi connectivity index (χ1) is 17.7. The maximum absolute atomic E-state index is 11.3. The topological polar surface area (TPSA) is 92.4 Å². The molecule has 1 N–H and O–H groups in total. The molecule has 2 aromatic carbocycles. The van der Waals surface area contributed by atoms with Crippen LogP contribution in [0.4, 0.5) is 0 Å². The fraction of sp³-hybridized carbons (Fsp3) is 0.387. The average Bonchev–Trinajstić information content (AvgIpc) is 3.44. The highest BCUT2D eigenvalue weighted by Gasteiger charge is 2.59. The number of carboxylic acid groups (broad SMARTS) is 1. The van der Waals surface area contributed by atoms with Crippen molar-refractivity contribution in [3.8, 4) is 28.8 Å². The van der Waals surface area contributed by atoms with Gasteiger partial charge >= 0.3 is 5.97 Å². The van der Waals surface area contributed by atoms with Gasteiger partial charge in [-0.1, -0.05) is 18.2 Å². The summed E-state index contributed by atoms with van der Waals surface area (Å²) in [7, 11) is 0. The van der Waals surface area contributed by atoms with Crippen LogP contribution in [0.15, 0.2) is 48.7 Å². The van der Waals surface area contributed by atoms with Gasteiger partial charge in [-0.25, -0.2) is 4.98 Å². The third-order valence-electron chi connectivity index (χ3n) is 8.31. The number of fused-ring (bicyclic) bond motifs is 3. The van der Waals surface area contributed by atoms with E-state index in [0.29, 0.717) is 12.5 Å². The largest absolute Gasteiger partial charge is 0.490 e. The summed E-state index contributed by atoms with van der Waals surface area (Å²) in [6, 6.07) is 16.9. The minimum Gasteiger partial charge on any atom is -0.490 e. The normalized spacial score (nSPS) is 26.9. The Morgan fingerprint density at radius 2 is 1.95 bits per heavy atom. The number of rotatable bonds is 7. The molecule has 3 atom stereocenters. The number of ether oxygens (including phenoxy) is 2. The number of benzene rings is 2. The van der Waals surface area contributed by atoms with Crippen LogP contribution in [0, 0.1) is 42.4 Å². The maximum atomic E-state index is 11.3. The van der Waals surface area contributed by atoms with Crippen molar-refractivity contribution >= 4 is 5.97 Å². The number of nitriles is 1. The lowest BCUT2D eigenvalue weighted by atomic mass is 9.69. The number of carboxylic acids is 1. The van der Waals surface area contributed by atoms with E-state index in [1.165, 1.54) is 11.1 Å². The van der Waals surface area contributed by atoms with Crippen LogP contribution in [0.2, 0.25) is 0 Å². The zero-order valence-electron chi connectivity index (χ0n) is 21.3. The second-order valence-electron chi connectivity index (χ2n) is 11.2. The maximum Gasteiger partial charge on any atom is 0.307 e. The molecule has 0 radical (unpaired) electrons. The highest BCUT2D eigenvalue weighted by Crippen LogP contribution is 2.61. The standard InChI is InChI=1S/C31H30N2O4/c1-17-7-22(37-23-12-31(3,13-23)16-32)8-18(2)27(17)20-6-4-5-19(9-20)15-36-26-11-21-10-24-28(25(21)14-33-26)29(24)30(34)35/h4-9,11,14,23-24,28-29H,10,12-13,15H2,1-3H3,(H,34,35)/t23-,24-,28-,29+,31+/m1/s1. The Bertz CT molecular complexity index is 1430. The molecule has 0 spiro atoms. The van der Waals surface area contributed by atoms with Crippen molar-refractivity contribution in [3.05, 3.63) is 76.5 Å². The molecule has 6 heteroatoms. The number of hydrogen-bond acceptors (Lipinski definition) is 5. The van der Waals surface area contributed by atoms with Crippen molar-refractivity contribution in [2.45, 2.75) is 58.7 Å². The summed E-state index contributed by atoms with van der Waals surface area (Å²) in [4.78, 5) is 15.8. The van der Waals surface area contributed by atoms with Gasteiger partial charge in [0.05, 0.1) is 17.4 Å². The van der Waals surface area contributed by atoms with Crippen molar-refractivity contribution in [1.29, 1.82) is 5.26 Å². The number of carbonyl (C=O) groups is 1. The third kappa shape index (κ3) is 4.23. The van der Waals surface area contributed by atoms with E-state index >= 15 is 0 Å². The van der Waals surface area contributed by atoms with Gasteiger partial charge in [-0.3, -0.25) is 4.79 Å². The van der Waals surface area contributed by atoms with E-state index < -0.39 is 5.97 Å². The van der Waals surface area contributed by atoms with Gasteiger partial charge in [-0.05, 0) is 90.3 Å². The third-order valence-corrected chi connectivity index (χ3v) is 8.31. The second-order valence-corrected chi connectivity index (χ2v) is 11.2. The first kappa shape index (κ1) is 23.5. The molecule has 6 rings (SSSR count). The number of aromatic nitrogens is 1. The molecule has 0 aliphatic heterocycles. The minimum absolute atomic E-state index is 0.104.